The number of fused-ring (bicyclic) bond motifs is 3. The summed E-state index contributed by atoms with van der Waals surface area (Å²) in [6.45, 7) is 0. The van der Waals surface area contributed by atoms with Crippen molar-refractivity contribution < 1.29 is 14.6 Å². The molecule has 0 N–H and O–H groups in total. The van der Waals surface area contributed by atoms with Crippen molar-refractivity contribution in [3.8, 4) is 11.1 Å². The van der Waals surface area contributed by atoms with Gasteiger partial charge in [0.2, 0.25) is 0 Å². The zero-order valence-corrected chi connectivity index (χ0v) is 12.0. The van der Waals surface area contributed by atoms with E-state index in [9.17, 15) is 4.79 Å². The predicted molar refractivity (Wildman–Crippen MR) is 74.0 cm³/mol. The van der Waals surface area contributed by atoms with Gasteiger partial charge in [0, 0.05) is 0 Å². The van der Waals surface area contributed by atoms with Crippen LogP contribution in [-0.4, -0.2) is 4.86 Å². The van der Waals surface area contributed by atoms with E-state index in [4.69, 9.17) is 0 Å². The molecule has 3 rings (SSSR count). The number of benzene rings is 2. The van der Waals surface area contributed by atoms with Crippen LogP contribution in [0, 0.1) is 0 Å². The first-order valence-electron chi connectivity index (χ1n) is 5.17. The van der Waals surface area contributed by atoms with Crippen molar-refractivity contribution in [1.29, 1.82) is 0 Å². The minimum absolute atomic E-state index is 0.584. The van der Waals surface area contributed by atoms with E-state index in [1.807, 2.05) is 6.07 Å². The Bertz CT molecular complexity index is 657. The molecule has 0 unspecified atom stereocenters. The molecule has 0 bridgehead atoms. The number of halogens is 1. The van der Waals surface area contributed by atoms with Crippen molar-refractivity contribution in [2.45, 2.75) is 6.42 Å². The summed E-state index contributed by atoms with van der Waals surface area (Å²) in [6, 6.07) is 14.7. The van der Waals surface area contributed by atoms with Gasteiger partial charge in [-0.2, -0.15) is 0 Å². The van der Waals surface area contributed by atoms with Gasteiger partial charge in [-0.15, -0.1) is 0 Å². The topological polar surface area (TPSA) is 17.1 Å². The Kier molecular flexibility index (Phi) is 3.00. The van der Waals surface area contributed by atoms with Gasteiger partial charge in [0.15, 0.2) is 0 Å². The number of carbonyl (C=O) groups excluding carboxylic acids is 1. The molecule has 0 spiro atoms. The molecule has 0 saturated heterocycles. The second-order valence-electron chi connectivity index (χ2n) is 3.83. The molecular formula is C14H9INiO. The van der Waals surface area contributed by atoms with Crippen LogP contribution >= 0.6 is 20.5 Å². The van der Waals surface area contributed by atoms with E-state index < -0.39 is 9.79 Å². The molecule has 0 aromatic heterocycles. The molecule has 0 aliphatic heterocycles. The predicted octanol–water partition coefficient (Wildman–Crippen LogP) is 2.92. The molecule has 3 heteroatoms. The Labute approximate surface area is 115 Å². The van der Waals surface area contributed by atoms with Crippen molar-refractivity contribution in [2.24, 2.45) is 0 Å². The van der Waals surface area contributed by atoms with Crippen LogP contribution in [0.5, 0.6) is 0 Å². The Morgan fingerprint density at radius 1 is 1.06 bits per heavy atom. The van der Waals surface area contributed by atoms with Gasteiger partial charge in [0.05, 0.1) is 0 Å². The van der Waals surface area contributed by atoms with Crippen LogP contribution in [0.15, 0.2) is 42.5 Å². The summed E-state index contributed by atoms with van der Waals surface area (Å²) in [4.78, 5) is 13.0. The SMILES string of the molecule is O=[C]=[Ni]([I])[c]1cccc2c1Cc1ccccc1-2. The summed E-state index contributed by atoms with van der Waals surface area (Å²) in [6.07, 6.45) is 0.944. The van der Waals surface area contributed by atoms with E-state index in [1.165, 1.54) is 22.3 Å². The summed E-state index contributed by atoms with van der Waals surface area (Å²) in [5, 5.41) is 0. The molecule has 1 nitrogen and oxygen atoms in total. The molecule has 88 valence electrons. The Morgan fingerprint density at radius 2 is 1.82 bits per heavy atom. The van der Waals surface area contributed by atoms with Crippen LogP contribution in [0.25, 0.3) is 11.1 Å². The third-order valence-corrected chi connectivity index (χ3v) is 6.17. The summed E-state index contributed by atoms with van der Waals surface area (Å²) in [5.74, 6) is 0. The number of hydrogen-bond acceptors (Lipinski definition) is 1. The van der Waals surface area contributed by atoms with Gasteiger partial charge < -0.3 is 0 Å². The summed E-state index contributed by atoms with van der Waals surface area (Å²) < 4.78 is 1.15. The van der Waals surface area contributed by atoms with Crippen molar-refractivity contribution in [1.82, 2.24) is 0 Å². The molecule has 0 radical (unpaired) electrons. The van der Waals surface area contributed by atoms with Crippen LogP contribution in [0.4, 0.5) is 0 Å². The second-order valence-corrected chi connectivity index (χ2v) is 8.00. The molecule has 17 heavy (non-hydrogen) atoms. The second kappa shape index (κ2) is 4.49. The molecule has 0 heterocycles. The molecule has 0 saturated carbocycles. The number of hydrogen-bond donors (Lipinski definition) is 0. The fourth-order valence-corrected chi connectivity index (χ4v) is 4.41. The quantitative estimate of drug-likeness (QED) is 0.470. The zero-order chi connectivity index (χ0) is 11.8. The summed E-state index contributed by atoms with van der Waals surface area (Å²) in [7, 11) is -0.584. The van der Waals surface area contributed by atoms with Gasteiger partial charge in [-0.1, -0.05) is 0 Å². The standard InChI is InChI=1S/C13H9.CO.HI.Ni/c1-3-7-12-10(5-1)9-11-6-2-4-8-13(11)12;1-2;;/h1-5,7-8H,9H2;;1H;/q;;;+1/p-1. The van der Waals surface area contributed by atoms with Crippen LogP contribution in [0.3, 0.4) is 0 Å². The third-order valence-electron chi connectivity index (χ3n) is 2.97. The first-order chi connectivity index (χ1) is 8.31. The van der Waals surface area contributed by atoms with Gasteiger partial charge in [-0.3, -0.25) is 0 Å². The molecule has 1 aliphatic carbocycles. The zero-order valence-electron chi connectivity index (χ0n) is 8.85. The van der Waals surface area contributed by atoms with Gasteiger partial charge in [-0.25, -0.2) is 0 Å². The maximum atomic E-state index is 10.9. The summed E-state index contributed by atoms with van der Waals surface area (Å²) in [5.41, 5.74) is 5.26. The van der Waals surface area contributed by atoms with Crippen molar-refractivity contribution in [3.05, 3.63) is 53.6 Å². The fourth-order valence-electron chi connectivity index (χ4n) is 2.26. The molecule has 2 aromatic carbocycles. The molecule has 0 fully saturated rings. The van der Waals surface area contributed by atoms with Crippen molar-refractivity contribution in [3.63, 3.8) is 0 Å². The molecular weight excluding hydrogens is 370 g/mol. The fraction of sp³-hybridized carbons (Fsp3) is 0.0714. The van der Waals surface area contributed by atoms with Crippen LogP contribution in [0.1, 0.15) is 11.1 Å². The average Bonchev–Trinajstić information content (AvgIpc) is 2.76. The van der Waals surface area contributed by atoms with Gasteiger partial charge in [0.1, 0.15) is 0 Å². The Balaban J connectivity index is 2.28. The van der Waals surface area contributed by atoms with Gasteiger partial charge >= 0.3 is 116 Å². The molecule has 0 atom stereocenters. The van der Waals surface area contributed by atoms with Crippen molar-refractivity contribution >= 4 is 29.9 Å². The summed E-state index contributed by atoms with van der Waals surface area (Å²) >= 11 is 2.18. The minimum atomic E-state index is -0.584. The third kappa shape index (κ3) is 1.83. The van der Waals surface area contributed by atoms with E-state index in [0.717, 1.165) is 11.0 Å². The number of rotatable bonds is 1. The van der Waals surface area contributed by atoms with Crippen LogP contribution in [-0.2, 0) is 21.0 Å². The van der Waals surface area contributed by atoms with Crippen molar-refractivity contribution in [2.75, 3.05) is 0 Å². The molecule has 1 aliphatic rings. The monoisotopic (exact) mass is 378 g/mol. The first kappa shape index (κ1) is 11.3. The van der Waals surface area contributed by atoms with Crippen LogP contribution < -0.4 is 4.53 Å². The van der Waals surface area contributed by atoms with E-state index in [1.54, 1.807) is 0 Å². The Morgan fingerprint density at radius 3 is 2.65 bits per heavy atom. The van der Waals surface area contributed by atoms with Gasteiger partial charge in [-0.05, 0) is 0 Å². The van der Waals surface area contributed by atoms with E-state index in [2.05, 4.69) is 61.7 Å². The van der Waals surface area contributed by atoms with E-state index in [-0.39, 0.29) is 0 Å². The maximum absolute atomic E-state index is 10.9. The Hall–Kier alpha value is -0.756. The normalized spacial score (nSPS) is 12.6. The van der Waals surface area contributed by atoms with E-state index in [0.29, 0.717) is 0 Å². The molecule has 0 amide bonds. The van der Waals surface area contributed by atoms with Gasteiger partial charge in [0.25, 0.3) is 0 Å². The molecule has 2 aromatic rings. The average molecular weight is 379 g/mol. The van der Waals surface area contributed by atoms with E-state index >= 15 is 0 Å². The first-order valence-corrected chi connectivity index (χ1v) is 9.34. The van der Waals surface area contributed by atoms with Crippen LogP contribution in [0.2, 0.25) is 0 Å².